The quantitative estimate of drug-likeness (QED) is 0.463. The van der Waals surface area contributed by atoms with E-state index in [1.165, 1.54) is 25.9 Å². The van der Waals surface area contributed by atoms with Crippen LogP contribution in [0, 0.1) is 0 Å². The summed E-state index contributed by atoms with van der Waals surface area (Å²) in [7, 11) is 4.33. The number of nitrogens with zero attached hydrogens (tertiary/aromatic N) is 1. The summed E-state index contributed by atoms with van der Waals surface area (Å²) in [5, 5.41) is 3.34. The lowest BCUT2D eigenvalue weighted by molar-refractivity contribution is 0.308. The zero-order chi connectivity index (χ0) is 6.69. The maximum absolute atomic E-state index is 3.34. The Morgan fingerprint density at radius 2 is 2.00 bits per heavy atom. The van der Waals surface area contributed by atoms with Gasteiger partial charge in [0.2, 0.25) is 0 Å². The third-order valence-electron chi connectivity index (χ3n) is 2.04. The Kier molecular flexibility index (Phi) is 2.55. The van der Waals surface area contributed by atoms with Gasteiger partial charge in [-0.3, -0.25) is 0 Å². The van der Waals surface area contributed by atoms with Crippen LogP contribution >= 0.6 is 0 Å². The van der Waals surface area contributed by atoms with Gasteiger partial charge < -0.3 is 10.1 Å². The highest BCUT2D eigenvalue weighted by molar-refractivity contribution is 6.04. The standard InChI is InChI=1S/C6H15BN2/c1-9(7)6-2-4-8-5-3-6/h6,8H,2-5,7H2,1H3. The van der Waals surface area contributed by atoms with Gasteiger partial charge in [0.25, 0.3) is 0 Å². The van der Waals surface area contributed by atoms with Crippen molar-refractivity contribution in [1.82, 2.24) is 10.1 Å². The Morgan fingerprint density at radius 1 is 1.44 bits per heavy atom. The van der Waals surface area contributed by atoms with Gasteiger partial charge in [-0.15, -0.1) is 0 Å². The fraction of sp³-hybridized carbons (Fsp3) is 1.00. The van der Waals surface area contributed by atoms with Crippen LogP contribution in [0.1, 0.15) is 12.8 Å². The Balaban J connectivity index is 2.23. The van der Waals surface area contributed by atoms with E-state index >= 15 is 0 Å². The molecule has 0 aromatic carbocycles. The van der Waals surface area contributed by atoms with Crippen LogP contribution in [0.3, 0.4) is 0 Å². The number of rotatable bonds is 1. The molecule has 0 bridgehead atoms. The van der Waals surface area contributed by atoms with Crippen LogP contribution < -0.4 is 5.32 Å². The monoisotopic (exact) mass is 126 g/mol. The highest BCUT2D eigenvalue weighted by atomic mass is 15.1. The van der Waals surface area contributed by atoms with Crippen LogP contribution in [0.25, 0.3) is 0 Å². The zero-order valence-electron chi connectivity index (χ0n) is 6.35. The SMILES string of the molecule is BN(C)C1CCNCC1. The molecular weight excluding hydrogens is 111 g/mol. The summed E-state index contributed by atoms with van der Waals surface area (Å²) in [6.45, 7) is 2.39. The number of piperidine rings is 1. The third kappa shape index (κ3) is 1.99. The van der Waals surface area contributed by atoms with Crippen LogP contribution in [-0.4, -0.2) is 39.0 Å². The van der Waals surface area contributed by atoms with Crippen LogP contribution in [0.5, 0.6) is 0 Å². The molecule has 9 heavy (non-hydrogen) atoms. The molecule has 1 N–H and O–H groups in total. The molecule has 3 heteroatoms. The first-order valence-corrected chi connectivity index (χ1v) is 3.68. The van der Waals surface area contributed by atoms with Crippen LogP contribution in [0.15, 0.2) is 0 Å². The van der Waals surface area contributed by atoms with E-state index in [0.717, 1.165) is 6.04 Å². The van der Waals surface area contributed by atoms with Gasteiger partial charge in [-0.1, -0.05) is 0 Å². The minimum absolute atomic E-state index is 0.825. The molecule has 1 aliphatic rings. The smallest absolute Gasteiger partial charge is 0.185 e. The van der Waals surface area contributed by atoms with Gasteiger partial charge >= 0.3 is 0 Å². The van der Waals surface area contributed by atoms with Gasteiger partial charge in [-0.05, 0) is 33.0 Å². The van der Waals surface area contributed by atoms with Crippen molar-refractivity contribution in [3.05, 3.63) is 0 Å². The molecule has 0 aromatic rings. The van der Waals surface area contributed by atoms with Crippen LogP contribution in [-0.2, 0) is 0 Å². The van der Waals surface area contributed by atoms with Crippen molar-refractivity contribution in [2.24, 2.45) is 0 Å². The molecule has 0 spiro atoms. The predicted molar refractivity (Wildman–Crippen MR) is 42.2 cm³/mol. The van der Waals surface area contributed by atoms with Gasteiger partial charge in [-0.25, -0.2) is 0 Å². The molecule has 0 saturated carbocycles. The molecule has 0 amide bonds. The number of hydrogen-bond acceptors (Lipinski definition) is 2. The Labute approximate surface area is 58.0 Å². The maximum Gasteiger partial charge on any atom is 0.185 e. The minimum atomic E-state index is 0.825. The molecule has 0 atom stereocenters. The largest absolute Gasteiger partial charge is 0.349 e. The third-order valence-corrected chi connectivity index (χ3v) is 2.04. The minimum Gasteiger partial charge on any atom is -0.349 e. The second kappa shape index (κ2) is 3.23. The average molecular weight is 126 g/mol. The predicted octanol–water partition coefficient (Wildman–Crippen LogP) is -0.782. The maximum atomic E-state index is 3.34. The fourth-order valence-corrected chi connectivity index (χ4v) is 1.32. The Hall–Kier alpha value is -0.0151. The van der Waals surface area contributed by atoms with E-state index in [1.807, 2.05) is 0 Å². The highest BCUT2D eigenvalue weighted by Crippen LogP contribution is 2.06. The van der Waals surface area contributed by atoms with E-state index in [9.17, 15) is 0 Å². The molecule has 1 aliphatic heterocycles. The molecule has 0 aromatic heterocycles. The lowest BCUT2D eigenvalue weighted by Gasteiger charge is -2.28. The molecule has 0 radical (unpaired) electrons. The molecule has 0 unspecified atom stereocenters. The topological polar surface area (TPSA) is 15.3 Å². The zero-order valence-corrected chi connectivity index (χ0v) is 6.35. The van der Waals surface area contributed by atoms with E-state index < -0.39 is 0 Å². The molecule has 1 rings (SSSR count). The van der Waals surface area contributed by atoms with E-state index in [4.69, 9.17) is 0 Å². The van der Waals surface area contributed by atoms with Crippen LogP contribution in [0.4, 0.5) is 0 Å². The summed E-state index contributed by atoms with van der Waals surface area (Å²) >= 11 is 0. The summed E-state index contributed by atoms with van der Waals surface area (Å²) in [4.78, 5) is 2.32. The van der Waals surface area contributed by atoms with Gasteiger partial charge in [-0.2, -0.15) is 0 Å². The fourth-order valence-electron chi connectivity index (χ4n) is 1.32. The first-order valence-electron chi connectivity index (χ1n) is 3.68. The molecule has 52 valence electrons. The number of hydrogen-bond donors (Lipinski definition) is 1. The van der Waals surface area contributed by atoms with Crippen molar-refractivity contribution in [1.29, 1.82) is 0 Å². The second-order valence-corrected chi connectivity index (χ2v) is 2.94. The summed E-state index contributed by atoms with van der Waals surface area (Å²) in [5.41, 5.74) is 0. The first kappa shape index (κ1) is 7.10. The molecular formula is C6H15BN2. The highest BCUT2D eigenvalue weighted by Gasteiger charge is 2.13. The van der Waals surface area contributed by atoms with Crippen molar-refractivity contribution < 1.29 is 0 Å². The van der Waals surface area contributed by atoms with E-state index in [0.29, 0.717) is 0 Å². The van der Waals surface area contributed by atoms with Crippen molar-refractivity contribution in [2.45, 2.75) is 18.9 Å². The Bertz CT molecular complexity index is 79.1. The van der Waals surface area contributed by atoms with Crippen molar-refractivity contribution in [3.8, 4) is 0 Å². The van der Waals surface area contributed by atoms with Gasteiger partial charge in [0.05, 0.1) is 0 Å². The van der Waals surface area contributed by atoms with Gasteiger partial charge in [0.15, 0.2) is 7.98 Å². The van der Waals surface area contributed by atoms with E-state index in [-0.39, 0.29) is 0 Å². The summed E-state index contributed by atoms with van der Waals surface area (Å²) in [5.74, 6) is 0. The molecule has 1 saturated heterocycles. The van der Waals surface area contributed by atoms with E-state index in [2.05, 4.69) is 25.2 Å². The lowest BCUT2D eigenvalue weighted by Crippen LogP contribution is -2.39. The summed E-state index contributed by atoms with van der Waals surface area (Å²) in [6.07, 6.45) is 2.62. The first-order chi connectivity index (χ1) is 4.30. The van der Waals surface area contributed by atoms with Gasteiger partial charge in [0, 0.05) is 6.04 Å². The van der Waals surface area contributed by atoms with Crippen molar-refractivity contribution in [2.75, 3.05) is 20.1 Å². The lowest BCUT2D eigenvalue weighted by atomic mass is 10.0. The van der Waals surface area contributed by atoms with Crippen molar-refractivity contribution >= 4 is 7.98 Å². The number of nitrogens with one attached hydrogen (secondary N) is 1. The van der Waals surface area contributed by atoms with Crippen molar-refractivity contribution in [3.63, 3.8) is 0 Å². The normalized spacial score (nSPS) is 22.9. The second-order valence-electron chi connectivity index (χ2n) is 2.94. The Morgan fingerprint density at radius 3 is 2.33 bits per heavy atom. The van der Waals surface area contributed by atoms with E-state index in [1.54, 1.807) is 0 Å². The average Bonchev–Trinajstić information content (AvgIpc) is 1.90. The van der Waals surface area contributed by atoms with Gasteiger partial charge in [0.1, 0.15) is 0 Å². The molecule has 1 heterocycles. The summed E-state index contributed by atoms with van der Waals surface area (Å²) < 4.78 is 0. The molecule has 2 nitrogen and oxygen atoms in total. The van der Waals surface area contributed by atoms with Crippen LogP contribution in [0.2, 0.25) is 0 Å². The molecule has 0 aliphatic carbocycles. The summed E-state index contributed by atoms with van der Waals surface area (Å²) in [6, 6.07) is 0.825. The molecule has 1 fully saturated rings.